The van der Waals surface area contributed by atoms with Crippen LogP contribution < -0.4 is 5.32 Å². The van der Waals surface area contributed by atoms with Gasteiger partial charge in [-0.3, -0.25) is 9.97 Å². The van der Waals surface area contributed by atoms with Gasteiger partial charge >= 0.3 is 0 Å². The van der Waals surface area contributed by atoms with Gasteiger partial charge in [-0.15, -0.1) is 0 Å². The van der Waals surface area contributed by atoms with Gasteiger partial charge in [0, 0.05) is 18.6 Å². The van der Waals surface area contributed by atoms with Crippen molar-refractivity contribution < 1.29 is 0 Å². The van der Waals surface area contributed by atoms with E-state index in [-0.39, 0.29) is 0 Å². The summed E-state index contributed by atoms with van der Waals surface area (Å²) in [5.41, 5.74) is 1.08. The number of rotatable bonds is 8. The number of hydrogen-bond acceptors (Lipinski definition) is 3. The minimum atomic E-state index is 0.355. The number of hydrogen-bond donors (Lipinski definition) is 1. The monoisotopic (exact) mass is 235 g/mol. The first-order valence-corrected chi connectivity index (χ1v) is 6.81. The van der Waals surface area contributed by atoms with Crippen molar-refractivity contribution in [1.82, 2.24) is 15.3 Å². The van der Waals surface area contributed by atoms with Crippen LogP contribution in [0.1, 0.15) is 58.2 Å². The van der Waals surface area contributed by atoms with Crippen molar-refractivity contribution in [2.75, 3.05) is 6.54 Å². The van der Waals surface area contributed by atoms with Crippen molar-refractivity contribution >= 4 is 0 Å². The maximum absolute atomic E-state index is 4.43. The molecule has 0 radical (unpaired) electrons. The first kappa shape index (κ1) is 14.1. The van der Waals surface area contributed by atoms with Gasteiger partial charge in [0.2, 0.25) is 0 Å². The van der Waals surface area contributed by atoms with Crippen LogP contribution in [0.4, 0.5) is 0 Å². The standard InChI is InChI=1S/C14H25N3/c1-4-7-16-13(10-12(5-2)6-3)14-11-15-8-9-17-14/h8-9,11-13,16H,4-7,10H2,1-3H3. The average molecular weight is 235 g/mol. The van der Waals surface area contributed by atoms with Crippen LogP contribution in [-0.2, 0) is 0 Å². The smallest absolute Gasteiger partial charge is 0.0756 e. The summed E-state index contributed by atoms with van der Waals surface area (Å²) in [6.07, 6.45) is 10.2. The third-order valence-electron chi connectivity index (χ3n) is 3.30. The van der Waals surface area contributed by atoms with Gasteiger partial charge in [-0.2, -0.15) is 0 Å². The molecule has 1 unspecified atom stereocenters. The van der Waals surface area contributed by atoms with Crippen LogP contribution in [0.15, 0.2) is 18.6 Å². The molecule has 1 atom stereocenters. The van der Waals surface area contributed by atoms with Gasteiger partial charge in [-0.05, 0) is 25.3 Å². The first-order chi connectivity index (χ1) is 8.31. The zero-order chi connectivity index (χ0) is 12.5. The molecule has 0 aliphatic rings. The van der Waals surface area contributed by atoms with E-state index in [1.807, 2.05) is 6.20 Å². The highest BCUT2D eigenvalue weighted by atomic mass is 14.9. The Morgan fingerprint density at radius 2 is 1.94 bits per heavy atom. The summed E-state index contributed by atoms with van der Waals surface area (Å²) in [5.74, 6) is 0.770. The quantitative estimate of drug-likeness (QED) is 0.751. The molecule has 0 spiro atoms. The maximum Gasteiger partial charge on any atom is 0.0756 e. The third kappa shape index (κ3) is 4.82. The lowest BCUT2D eigenvalue weighted by molar-refractivity contribution is 0.366. The number of nitrogens with one attached hydrogen (secondary N) is 1. The fourth-order valence-corrected chi connectivity index (χ4v) is 2.07. The van der Waals surface area contributed by atoms with Gasteiger partial charge in [0.25, 0.3) is 0 Å². The minimum absolute atomic E-state index is 0.355. The summed E-state index contributed by atoms with van der Waals surface area (Å²) >= 11 is 0. The first-order valence-electron chi connectivity index (χ1n) is 6.81. The molecule has 1 aromatic rings. The highest BCUT2D eigenvalue weighted by Crippen LogP contribution is 2.23. The van der Waals surface area contributed by atoms with Crippen molar-refractivity contribution in [1.29, 1.82) is 0 Å². The molecule has 1 rings (SSSR count). The highest BCUT2D eigenvalue weighted by Gasteiger charge is 2.16. The molecule has 3 nitrogen and oxygen atoms in total. The van der Waals surface area contributed by atoms with Crippen LogP contribution in [-0.4, -0.2) is 16.5 Å². The molecule has 1 heterocycles. The Labute approximate surface area is 105 Å². The van der Waals surface area contributed by atoms with Crippen LogP contribution >= 0.6 is 0 Å². The molecule has 0 aromatic carbocycles. The predicted molar refractivity (Wildman–Crippen MR) is 71.8 cm³/mol. The topological polar surface area (TPSA) is 37.8 Å². The molecular weight excluding hydrogens is 210 g/mol. The van der Waals surface area contributed by atoms with Crippen molar-refractivity contribution in [2.45, 2.75) is 52.5 Å². The number of aromatic nitrogens is 2. The highest BCUT2D eigenvalue weighted by molar-refractivity contribution is 5.02. The molecule has 1 aromatic heterocycles. The van der Waals surface area contributed by atoms with Gasteiger partial charge in [-0.25, -0.2) is 0 Å². The Kier molecular flexibility index (Phi) is 6.78. The summed E-state index contributed by atoms with van der Waals surface area (Å²) in [5, 5.41) is 3.58. The lowest BCUT2D eigenvalue weighted by Crippen LogP contribution is -2.25. The molecule has 0 saturated heterocycles. The molecule has 0 fully saturated rings. The Morgan fingerprint density at radius 1 is 1.18 bits per heavy atom. The van der Waals surface area contributed by atoms with Gasteiger partial charge in [-0.1, -0.05) is 33.6 Å². The molecule has 0 saturated carbocycles. The van der Waals surface area contributed by atoms with Gasteiger partial charge < -0.3 is 5.32 Å². The van der Waals surface area contributed by atoms with Crippen LogP contribution in [0.2, 0.25) is 0 Å². The second kappa shape index (κ2) is 8.18. The molecular formula is C14H25N3. The SMILES string of the molecule is CCCNC(CC(CC)CC)c1cnccn1. The van der Waals surface area contributed by atoms with E-state index in [0.29, 0.717) is 6.04 Å². The van der Waals surface area contributed by atoms with E-state index in [2.05, 4.69) is 36.1 Å². The average Bonchev–Trinajstić information content (AvgIpc) is 2.40. The lowest BCUT2D eigenvalue weighted by Gasteiger charge is -2.22. The zero-order valence-electron chi connectivity index (χ0n) is 11.3. The predicted octanol–water partition coefficient (Wildman–Crippen LogP) is 3.34. The second-order valence-electron chi connectivity index (χ2n) is 4.56. The van der Waals surface area contributed by atoms with Crippen molar-refractivity contribution in [3.05, 3.63) is 24.3 Å². The van der Waals surface area contributed by atoms with E-state index >= 15 is 0 Å². The van der Waals surface area contributed by atoms with Crippen LogP contribution in [0.5, 0.6) is 0 Å². The Balaban J connectivity index is 2.66. The van der Waals surface area contributed by atoms with E-state index in [0.717, 1.165) is 31.0 Å². The molecule has 17 heavy (non-hydrogen) atoms. The Bertz CT molecular complexity index is 283. The zero-order valence-corrected chi connectivity index (χ0v) is 11.3. The number of nitrogens with zero attached hydrogens (tertiary/aromatic N) is 2. The van der Waals surface area contributed by atoms with E-state index < -0.39 is 0 Å². The molecule has 1 N–H and O–H groups in total. The molecule has 3 heteroatoms. The second-order valence-corrected chi connectivity index (χ2v) is 4.56. The van der Waals surface area contributed by atoms with Gasteiger partial charge in [0.15, 0.2) is 0 Å². The van der Waals surface area contributed by atoms with E-state index in [9.17, 15) is 0 Å². The molecule has 0 amide bonds. The maximum atomic E-state index is 4.43. The molecule has 0 aliphatic heterocycles. The third-order valence-corrected chi connectivity index (χ3v) is 3.30. The fraction of sp³-hybridized carbons (Fsp3) is 0.714. The Morgan fingerprint density at radius 3 is 2.47 bits per heavy atom. The largest absolute Gasteiger partial charge is 0.309 e. The van der Waals surface area contributed by atoms with Crippen molar-refractivity contribution in [3.63, 3.8) is 0 Å². The normalized spacial score (nSPS) is 12.9. The fourth-order valence-electron chi connectivity index (χ4n) is 2.07. The minimum Gasteiger partial charge on any atom is -0.309 e. The molecule has 96 valence electrons. The molecule has 0 aliphatic carbocycles. The summed E-state index contributed by atoms with van der Waals surface area (Å²) in [6, 6.07) is 0.355. The summed E-state index contributed by atoms with van der Waals surface area (Å²) in [7, 11) is 0. The lowest BCUT2D eigenvalue weighted by atomic mass is 9.93. The van der Waals surface area contributed by atoms with Crippen LogP contribution in [0.3, 0.4) is 0 Å². The van der Waals surface area contributed by atoms with E-state index in [4.69, 9.17) is 0 Å². The van der Waals surface area contributed by atoms with Crippen LogP contribution in [0.25, 0.3) is 0 Å². The van der Waals surface area contributed by atoms with Crippen molar-refractivity contribution in [2.24, 2.45) is 5.92 Å². The summed E-state index contributed by atoms with van der Waals surface area (Å²) in [4.78, 5) is 8.60. The summed E-state index contributed by atoms with van der Waals surface area (Å²) in [6.45, 7) is 7.77. The van der Waals surface area contributed by atoms with Gasteiger partial charge in [0.1, 0.15) is 0 Å². The summed E-state index contributed by atoms with van der Waals surface area (Å²) < 4.78 is 0. The van der Waals surface area contributed by atoms with E-state index in [1.165, 1.54) is 12.8 Å². The van der Waals surface area contributed by atoms with Crippen molar-refractivity contribution in [3.8, 4) is 0 Å². The van der Waals surface area contributed by atoms with Gasteiger partial charge in [0.05, 0.1) is 11.7 Å². The van der Waals surface area contributed by atoms with Crippen LogP contribution in [0, 0.1) is 5.92 Å². The Hall–Kier alpha value is -0.960. The van der Waals surface area contributed by atoms with E-state index in [1.54, 1.807) is 12.4 Å². The molecule has 0 bridgehead atoms.